The van der Waals surface area contributed by atoms with Crippen molar-refractivity contribution in [2.75, 3.05) is 27.4 Å². The first kappa shape index (κ1) is 24.4. The van der Waals surface area contributed by atoms with Crippen molar-refractivity contribution in [3.05, 3.63) is 56.9 Å². The molecule has 0 aromatic heterocycles. The average molecular weight is 529 g/mol. The zero-order valence-corrected chi connectivity index (χ0v) is 20.7. The summed E-state index contributed by atoms with van der Waals surface area (Å²) in [5.41, 5.74) is 1.80. The Bertz CT molecular complexity index is 1170. The number of amides is 1. The van der Waals surface area contributed by atoms with Crippen molar-refractivity contribution in [3.63, 3.8) is 0 Å². The van der Waals surface area contributed by atoms with Crippen LogP contribution in [-0.2, 0) is 9.53 Å². The van der Waals surface area contributed by atoms with Crippen molar-refractivity contribution < 1.29 is 23.8 Å². The Morgan fingerprint density at radius 1 is 1.27 bits per heavy atom. The van der Waals surface area contributed by atoms with Crippen molar-refractivity contribution in [2.45, 2.75) is 6.92 Å². The van der Waals surface area contributed by atoms with E-state index in [0.717, 1.165) is 5.56 Å². The van der Waals surface area contributed by atoms with Crippen LogP contribution in [0, 0.1) is 12.3 Å². The summed E-state index contributed by atoms with van der Waals surface area (Å²) in [6.07, 6.45) is 7.06. The van der Waals surface area contributed by atoms with Crippen LogP contribution in [0.1, 0.15) is 22.8 Å². The van der Waals surface area contributed by atoms with E-state index in [-0.39, 0.29) is 12.5 Å². The molecular weight excluding hydrogens is 508 g/mol. The number of thioether (sulfide) groups is 1. The highest BCUT2D eigenvalue weighted by Crippen LogP contribution is 2.39. The fourth-order valence-corrected chi connectivity index (χ4v) is 4.45. The van der Waals surface area contributed by atoms with Crippen molar-refractivity contribution in [2.24, 2.45) is 4.99 Å². The number of amidine groups is 1. The summed E-state index contributed by atoms with van der Waals surface area (Å²) in [4.78, 5) is 30.9. The monoisotopic (exact) mass is 528 g/mol. The molecule has 7 nitrogen and oxygen atoms in total. The summed E-state index contributed by atoms with van der Waals surface area (Å²) >= 11 is 4.75. The van der Waals surface area contributed by atoms with Crippen LogP contribution in [0.25, 0.3) is 6.08 Å². The summed E-state index contributed by atoms with van der Waals surface area (Å²) in [5, 5.41) is 0.523. The lowest BCUT2D eigenvalue weighted by atomic mass is 10.2. The SMILES string of the molecule is C#CCOc1c(Br)cc(/C=C2\SC(=Nc3ccc(C(=O)OC)cc3)N(C)C2=O)cc1OCC. The molecule has 0 atom stereocenters. The van der Waals surface area contributed by atoms with Gasteiger partial charge in [-0.25, -0.2) is 9.79 Å². The Morgan fingerprint density at radius 3 is 2.64 bits per heavy atom. The van der Waals surface area contributed by atoms with Crippen molar-refractivity contribution in [1.29, 1.82) is 0 Å². The first-order chi connectivity index (χ1) is 15.9. The second kappa shape index (κ2) is 11.1. The van der Waals surface area contributed by atoms with Gasteiger partial charge in [0.2, 0.25) is 0 Å². The minimum Gasteiger partial charge on any atom is -0.490 e. The molecule has 3 rings (SSSR count). The minimum atomic E-state index is -0.421. The van der Waals surface area contributed by atoms with Gasteiger partial charge in [-0.1, -0.05) is 5.92 Å². The van der Waals surface area contributed by atoms with Crippen LogP contribution in [0.4, 0.5) is 5.69 Å². The number of terminal acetylenes is 1. The number of likely N-dealkylation sites (N-methyl/N-ethyl adjacent to an activating group) is 1. The molecule has 1 saturated heterocycles. The number of carbonyl (C=O) groups excluding carboxylic acids is 2. The fourth-order valence-electron chi connectivity index (χ4n) is 2.89. The number of esters is 1. The van der Waals surface area contributed by atoms with Gasteiger partial charge in [-0.2, -0.15) is 0 Å². The number of carbonyl (C=O) groups is 2. The third-order valence-corrected chi connectivity index (χ3v) is 6.10. The normalized spacial score (nSPS) is 15.6. The third-order valence-electron chi connectivity index (χ3n) is 4.45. The molecular formula is C24H21BrN2O5S. The maximum absolute atomic E-state index is 12.8. The quantitative estimate of drug-likeness (QED) is 0.289. The topological polar surface area (TPSA) is 77.4 Å². The highest BCUT2D eigenvalue weighted by Gasteiger charge is 2.30. The molecule has 1 amide bonds. The van der Waals surface area contributed by atoms with Crippen molar-refractivity contribution in [1.82, 2.24) is 4.90 Å². The summed E-state index contributed by atoms with van der Waals surface area (Å²) in [5.74, 6) is 2.87. The smallest absolute Gasteiger partial charge is 0.337 e. The van der Waals surface area contributed by atoms with Crippen LogP contribution in [-0.4, -0.2) is 49.3 Å². The average Bonchev–Trinajstić information content (AvgIpc) is 3.06. The number of nitrogens with zero attached hydrogens (tertiary/aromatic N) is 2. The van der Waals surface area contributed by atoms with Crippen LogP contribution in [0.2, 0.25) is 0 Å². The molecule has 170 valence electrons. The first-order valence-electron chi connectivity index (χ1n) is 9.85. The molecule has 0 radical (unpaired) electrons. The number of hydrogen-bond acceptors (Lipinski definition) is 7. The van der Waals surface area contributed by atoms with Crippen LogP contribution >= 0.6 is 27.7 Å². The highest BCUT2D eigenvalue weighted by atomic mass is 79.9. The number of hydrogen-bond donors (Lipinski definition) is 0. The fraction of sp³-hybridized carbons (Fsp3) is 0.208. The van der Waals surface area contributed by atoms with Gasteiger partial charge in [0, 0.05) is 7.05 Å². The van der Waals surface area contributed by atoms with E-state index in [9.17, 15) is 9.59 Å². The molecule has 1 aliphatic rings. The van der Waals surface area contributed by atoms with E-state index in [0.29, 0.717) is 43.9 Å². The Balaban J connectivity index is 1.88. The standard InChI is InChI=1S/C24H21BrN2O5S/c1-5-11-32-21-18(25)12-15(13-19(21)31-6-2)14-20-22(28)27(3)24(33-20)26-17-9-7-16(8-10-17)23(29)30-4/h1,7-10,12-14H,6,11H2,2-4H3/b20-14-,26-24?. The lowest BCUT2D eigenvalue weighted by molar-refractivity contribution is -0.121. The number of benzene rings is 2. The Kier molecular flexibility index (Phi) is 8.20. The van der Waals surface area contributed by atoms with Crippen LogP contribution in [0.3, 0.4) is 0 Å². The van der Waals surface area contributed by atoms with Gasteiger partial charge in [0.25, 0.3) is 5.91 Å². The van der Waals surface area contributed by atoms with Gasteiger partial charge in [0.15, 0.2) is 16.7 Å². The largest absolute Gasteiger partial charge is 0.490 e. The predicted molar refractivity (Wildman–Crippen MR) is 133 cm³/mol. The molecule has 0 N–H and O–H groups in total. The second-order valence-electron chi connectivity index (χ2n) is 6.66. The first-order valence-corrected chi connectivity index (χ1v) is 11.5. The molecule has 33 heavy (non-hydrogen) atoms. The van der Waals surface area contributed by atoms with Gasteiger partial charge >= 0.3 is 5.97 Å². The van der Waals surface area contributed by atoms with Gasteiger partial charge in [-0.15, -0.1) is 6.42 Å². The van der Waals surface area contributed by atoms with E-state index < -0.39 is 5.97 Å². The van der Waals surface area contributed by atoms with Gasteiger partial charge in [-0.3, -0.25) is 9.69 Å². The number of methoxy groups -OCH3 is 1. The molecule has 2 aromatic rings. The van der Waals surface area contributed by atoms with Gasteiger partial charge < -0.3 is 14.2 Å². The summed E-state index contributed by atoms with van der Waals surface area (Å²) in [6.45, 7) is 2.43. The molecule has 0 saturated carbocycles. The number of rotatable bonds is 7. The number of aliphatic imine (C=N–C) groups is 1. The molecule has 2 aromatic carbocycles. The van der Waals surface area contributed by atoms with E-state index in [1.807, 2.05) is 13.0 Å². The Hall–Kier alpha value is -3.22. The molecule has 1 aliphatic heterocycles. The van der Waals surface area contributed by atoms with Crippen LogP contribution in [0.5, 0.6) is 11.5 Å². The van der Waals surface area contributed by atoms with Gasteiger partial charge in [0.05, 0.1) is 34.3 Å². The zero-order valence-electron chi connectivity index (χ0n) is 18.3. The molecule has 0 spiro atoms. The zero-order chi connectivity index (χ0) is 24.0. The lowest BCUT2D eigenvalue weighted by Gasteiger charge is -2.13. The van der Waals surface area contributed by atoms with E-state index in [4.69, 9.17) is 20.6 Å². The third kappa shape index (κ3) is 5.78. The number of halogens is 1. The minimum absolute atomic E-state index is 0.110. The van der Waals surface area contributed by atoms with E-state index >= 15 is 0 Å². The van der Waals surface area contributed by atoms with Crippen LogP contribution < -0.4 is 9.47 Å². The van der Waals surface area contributed by atoms with E-state index in [1.165, 1.54) is 23.8 Å². The summed E-state index contributed by atoms with van der Waals surface area (Å²) < 4.78 is 16.6. The summed E-state index contributed by atoms with van der Waals surface area (Å²) in [6, 6.07) is 10.3. The lowest BCUT2D eigenvalue weighted by Crippen LogP contribution is -2.23. The molecule has 0 aliphatic carbocycles. The maximum atomic E-state index is 12.8. The maximum Gasteiger partial charge on any atom is 0.337 e. The van der Waals surface area contributed by atoms with Crippen LogP contribution in [0.15, 0.2) is 50.8 Å². The molecule has 1 heterocycles. The highest BCUT2D eigenvalue weighted by molar-refractivity contribution is 9.10. The Labute approximate surface area is 204 Å². The van der Waals surface area contributed by atoms with Crippen molar-refractivity contribution in [3.8, 4) is 23.8 Å². The molecule has 1 fully saturated rings. The molecule has 9 heteroatoms. The predicted octanol–water partition coefficient (Wildman–Crippen LogP) is 4.88. The summed E-state index contributed by atoms with van der Waals surface area (Å²) in [7, 11) is 2.99. The van der Waals surface area contributed by atoms with Gasteiger partial charge in [-0.05, 0) is 82.7 Å². The van der Waals surface area contributed by atoms with E-state index in [1.54, 1.807) is 43.5 Å². The second-order valence-corrected chi connectivity index (χ2v) is 8.53. The Morgan fingerprint density at radius 2 is 2.00 bits per heavy atom. The molecule has 0 bridgehead atoms. The van der Waals surface area contributed by atoms with E-state index in [2.05, 4.69) is 26.8 Å². The van der Waals surface area contributed by atoms with Gasteiger partial charge in [0.1, 0.15) is 6.61 Å². The number of ether oxygens (including phenoxy) is 3. The van der Waals surface area contributed by atoms with Crippen molar-refractivity contribution >= 4 is 56.5 Å². The molecule has 0 unspecified atom stereocenters.